The molecule has 4 bridgehead atoms. The lowest BCUT2D eigenvalue weighted by molar-refractivity contribution is -0.157. The number of aromatic hydroxyl groups is 1. The van der Waals surface area contributed by atoms with Crippen LogP contribution in [0.15, 0.2) is 30.9 Å². The third kappa shape index (κ3) is 7.05. The Hall–Kier alpha value is -5.87. The van der Waals surface area contributed by atoms with E-state index >= 15 is 4.79 Å². The highest BCUT2D eigenvalue weighted by Crippen LogP contribution is 2.64. The van der Waals surface area contributed by atoms with Gasteiger partial charge in [0.05, 0.1) is 37.6 Å². The van der Waals surface area contributed by atoms with Gasteiger partial charge in [0.15, 0.2) is 40.0 Å². The van der Waals surface area contributed by atoms with E-state index in [1.807, 2.05) is 20.0 Å². The Morgan fingerprint density at radius 1 is 1.03 bits per heavy atom. The average molecular weight is 913 g/mol. The lowest BCUT2D eigenvalue weighted by Crippen LogP contribution is -2.69. The number of nitriles is 1. The molecule has 65 heavy (non-hydrogen) atoms. The molecule has 18 heteroatoms. The van der Waals surface area contributed by atoms with Crippen LogP contribution in [0.25, 0.3) is 0 Å². The number of ether oxygens (including phenoxy) is 9. The Morgan fingerprint density at radius 3 is 2.51 bits per heavy atom. The molecular formula is C47H52N4O13S. The van der Waals surface area contributed by atoms with Gasteiger partial charge in [0, 0.05) is 46.6 Å². The summed E-state index contributed by atoms with van der Waals surface area (Å²) in [7, 11) is 4.92. The Morgan fingerprint density at radius 2 is 1.80 bits per heavy atom. The van der Waals surface area contributed by atoms with Crippen molar-refractivity contribution in [3.8, 4) is 46.3 Å². The van der Waals surface area contributed by atoms with Crippen LogP contribution < -0.4 is 33.7 Å². The first-order valence-corrected chi connectivity index (χ1v) is 22.5. The van der Waals surface area contributed by atoms with E-state index in [4.69, 9.17) is 42.6 Å². The van der Waals surface area contributed by atoms with E-state index in [-0.39, 0.29) is 54.8 Å². The van der Waals surface area contributed by atoms with Gasteiger partial charge in [-0.3, -0.25) is 15.1 Å². The van der Waals surface area contributed by atoms with Crippen LogP contribution in [0, 0.1) is 25.2 Å². The predicted molar refractivity (Wildman–Crippen MR) is 234 cm³/mol. The van der Waals surface area contributed by atoms with Crippen molar-refractivity contribution in [2.75, 3.05) is 53.6 Å². The molecule has 7 aliphatic rings. The number of fused-ring (bicyclic) bond motifs is 9. The van der Waals surface area contributed by atoms with Gasteiger partial charge in [-0.1, -0.05) is 18.7 Å². The van der Waals surface area contributed by atoms with Crippen LogP contribution in [0.3, 0.4) is 0 Å². The molecule has 1 spiro atoms. The highest BCUT2D eigenvalue weighted by Gasteiger charge is 2.62. The number of methoxy groups -OCH3 is 2. The largest absolute Gasteiger partial charge is 0.514 e. The molecule has 0 aliphatic carbocycles. The van der Waals surface area contributed by atoms with E-state index in [9.17, 15) is 20.0 Å². The van der Waals surface area contributed by atoms with Gasteiger partial charge in [-0.15, -0.1) is 11.8 Å². The summed E-state index contributed by atoms with van der Waals surface area (Å²) in [4.78, 5) is 45.8. The minimum absolute atomic E-state index is 0.0000326. The number of hydrogen-bond acceptors (Lipinski definition) is 18. The number of nitrogens with zero attached hydrogens (tertiary/aromatic N) is 3. The maximum Gasteiger partial charge on any atom is 0.514 e. The summed E-state index contributed by atoms with van der Waals surface area (Å²) in [5, 5.41) is 26.3. The summed E-state index contributed by atoms with van der Waals surface area (Å²) in [5.74, 6) is 1.08. The Kier molecular flexibility index (Phi) is 11.3. The molecule has 2 N–H and O–H groups in total. The van der Waals surface area contributed by atoms with E-state index in [1.165, 1.54) is 32.1 Å². The van der Waals surface area contributed by atoms with E-state index < -0.39 is 58.8 Å². The van der Waals surface area contributed by atoms with Crippen LogP contribution in [0.5, 0.6) is 40.2 Å². The SMILES string of the molecule is C=CCOC(=O)Oc1c(C)c2c(c3c1[C@H]1SC[C@]4(NCCc5cc(OC(=O)OC(C)(C)C)c(OC)cc54)C(=O)OC[C@H]3N3C1[C@H]1c4c(cc(C)c(OC)c4O)C[C@H]([C@@H]3C#N)N1C)OCO2. The zero-order valence-corrected chi connectivity index (χ0v) is 38.3. The van der Waals surface area contributed by atoms with E-state index in [1.54, 1.807) is 39.8 Å². The second-order valence-corrected chi connectivity index (χ2v) is 19.1. The fraction of sp³-hybridized carbons (Fsp3) is 0.489. The number of aryl methyl sites for hydroxylation is 1. The molecular weight excluding hydrogens is 861 g/mol. The van der Waals surface area contributed by atoms with Crippen LogP contribution in [-0.4, -0.2) is 110 Å². The molecule has 3 aromatic carbocycles. The molecule has 7 atom stereocenters. The standard InChI is InChI=1S/C47H52N4O13S/c1-10-13-58-44(54)63-39-23(3)40-41(61-21-60-40)33-29-19-59-43(53)47(26-17-30(56-8)31(16-24(26)11-12-49-47)62-45(55)64-46(4,5)6)20-65-42(34(33)39)36-35-32-25(14-22(2)38(57-9)37(32)52)15-27(50(35)7)28(18-48)51(29)36/h10,14,16-17,27-29,35-36,42,49,52H,1,11-13,15,19-21H2,2-9H3/t27-,28+,29-,35-,36?,42-,47-/m1/s1. The number of nitrogens with one attached hydrogen (secondary N) is 1. The first kappa shape index (κ1) is 44.3. The van der Waals surface area contributed by atoms with Gasteiger partial charge in [0.1, 0.15) is 30.6 Å². The number of esters is 1. The normalized spacial score (nSPS) is 26.3. The average Bonchev–Trinajstić information content (AvgIpc) is 3.75. The highest BCUT2D eigenvalue weighted by molar-refractivity contribution is 7.99. The molecule has 344 valence electrons. The monoisotopic (exact) mass is 912 g/mol. The Balaban J connectivity index is 1.27. The van der Waals surface area contributed by atoms with Gasteiger partial charge < -0.3 is 47.7 Å². The van der Waals surface area contributed by atoms with Gasteiger partial charge in [-0.2, -0.15) is 5.26 Å². The van der Waals surface area contributed by atoms with Crippen LogP contribution in [0.1, 0.15) is 82.6 Å². The zero-order chi connectivity index (χ0) is 46.3. The molecule has 1 unspecified atom stereocenters. The van der Waals surface area contributed by atoms with Gasteiger partial charge in [0.2, 0.25) is 6.79 Å². The van der Waals surface area contributed by atoms with Crippen molar-refractivity contribution in [1.29, 1.82) is 5.26 Å². The van der Waals surface area contributed by atoms with Crippen LogP contribution >= 0.6 is 11.8 Å². The number of phenols is 1. The van der Waals surface area contributed by atoms with Gasteiger partial charge >= 0.3 is 18.3 Å². The number of rotatable bonds is 6. The van der Waals surface area contributed by atoms with Crippen molar-refractivity contribution >= 4 is 30.0 Å². The van der Waals surface area contributed by atoms with Crippen molar-refractivity contribution in [3.63, 3.8) is 0 Å². The van der Waals surface area contributed by atoms with Crippen molar-refractivity contribution in [1.82, 2.24) is 15.1 Å². The molecule has 0 amide bonds. The molecule has 17 nitrogen and oxygen atoms in total. The maximum atomic E-state index is 15.1. The van der Waals surface area contributed by atoms with Gasteiger partial charge in [-0.25, -0.2) is 14.4 Å². The molecule has 10 rings (SSSR count). The number of piperazine rings is 1. The van der Waals surface area contributed by atoms with Crippen molar-refractivity contribution in [3.05, 3.63) is 75.4 Å². The van der Waals surface area contributed by atoms with Crippen LogP contribution in [0.2, 0.25) is 0 Å². The molecule has 3 aromatic rings. The summed E-state index contributed by atoms with van der Waals surface area (Å²) in [5.41, 5.74) is 2.91. The number of thioether (sulfide) groups is 1. The Bertz CT molecular complexity index is 2550. The smallest absolute Gasteiger partial charge is 0.504 e. The number of phenolic OH excluding ortho intramolecular Hbond substituents is 1. The number of carbonyl (C=O) groups excluding carboxylic acids is 3. The number of carbonyl (C=O) groups is 3. The molecule has 0 aromatic heterocycles. The summed E-state index contributed by atoms with van der Waals surface area (Å²) in [6, 6.07) is 4.88. The van der Waals surface area contributed by atoms with Gasteiger partial charge in [0.25, 0.3) is 0 Å². The highest BCUT2D eigenvalue weighted by atomic mass is 32.2. The number of hydrogen-bond donors (Lipinski definition) is 2. The number of benzene rings is 3. The molecule has 0 saturated carbocycles. The molecule has 2 saturated heterocycles. The summed E-state index contributed by atoms with van der Waals surface area (Å²) in [6.07, 6.45) is 0.472. The molecule has 7 aliphatic heterocycles. The quantitative estimate of drug-likeness (QED) is 0.120. The van der Waals surface area contributed by atoms with Crippen molar-refractivity contribution < 1.29 is 62.1 Å². The second-order valence-electron chi connectivity index (χ2n) is 18.0. The molecule has 7 heterocycles. The van der Waals surface area contributed by atoms with E-state index in [0.717, 1.165) is 16.7 Å². The van der Waals surface area contributed by atoms with Crippen molar-refractivity contribution in [2.24, 2.45) is 0 Å². The fourth-order valence-electron chi connectivity index (χ4n) is 10.7. The summed E-state index contributed by atoms with van der Waals surface area (Å²) < 4.78 is 53.2. The molecule has 2 fully saturated rings. The minimum Gasteiger partial charge on any atom is -0.504 e. The van der Waals surface area contributed by atoms with Gasteiger partial charge in [-0.05, 0) is 88.9 Å². The lowest BCUT2D eigenvalue weighted by Gasteiger charge is -2.62. The van der Waals surface area contributed by atoms with Crippen LogP contribution in [-0.2, 0) is 37.4 Å². The predicted octanol–water partition coefficient (Wildman–Crippen LogP) is 6.37. The summed E-state index contributed by atoms with van der Waals surface area (Å²) in [6.45, 7) is 12.4. The van der Waals surface area contributed by atoms with Crippen LogP contribution in [0.4, 0.5) is 9.59 Å². The molecule has 0 radical (unpaired) electrons. The topological polar surface area (TPSA) is 197 Å². The first-order chi connectivity index (χ1) is 31.1. The van der Waals surface area contributed by atoms with E-state index in [2.05, 4.69) is 27.8 Å². The second kappa shape index (κ2) is 16.5. The van der Waals surface area contributed by atoms with E-state index in [0.29, 0.717) is 64.5 Å². The fourth-order valence-corrected chi connectivity index (χ4v) is 12.4. The Labute approximate surface area is 380 Å². The van der Waals surface area contributed by atoms with Crippen molar-refractivity contribution in [2.45, 2.75) is 94.1 Å². The lowest BCUT2D eigenvalue weighted by atomic mass is 9.71. The zero-order valence-electron chi connectivity index (χ0n) is 37.5. The number of likely N-dealkylation sites (N-methyl/N-ethyl adjacent to an activating group) is 1. The minimum atomic E-state index is -1.49. The third-order valence-electron chi connectivity index (χ3n) is 13.3. The maximum absolute atomic E-state index is 15.1. The third-order valence-corrected chi connectivity index (χ3v) is 14.7. The first-order valence-electron chi connectivity index (χ1n) is 21.4. The summed E-state index contributed by atoms with van der Waals surface area (Å²) >= 11 is 1.41.